The van der Waals surface area contributed by atoms with E-state index in [0.717, 1.165) is 12.8 Å². The van der Waals surface area contributed by atoms with E-state index in [9.17, 15) is 0 Å². The average molecular weight is 206 g/mol. The number of aliphatic hydroxyl groups excluding tert-OH is 1. The predicted octanol–water partition coefficient (Wildman–Crippen LogP) is 3.73. The fourth-order valence-corrected chi connectivity index (χ4v) is 1.99. The molecule has 1 atom stereocenters. The van der Waals surface area contributed by atoms with Crippen molar-refractivity contribution < 1.29 is 5.11 Å². The maximum absolute atomic E-state index is 8.89. The minimum Gasteiger partial charge on any atom is -0.396 e. The third-order valence-electron chi connectivity index (χ3n) is 2.89. The number of hydrogen-bond acceptors (Lipinski definition) is 1. The fourth-order valence-electron chi connectivity index (χ4n) is 1.99. The average Bonchev–Trinajstić information content (AvgIpc) is 2.30. The summed E-state index contributed by atoms with van der Waals surface area (Å²) in [6.07, 6.45) is 5.82. The number of aliphatic hydroxyl groups is 1. The molecule has 1 unspecified atom stereocenters. The Morgan fingerprint density at radius 1 is 1.07 bits per heavy atom. The monoisotopic (exact) mass is 206 g/mol. The van der Waals surface area contributed by atoms with E-state index >= 15 is 0 Å². The van der Waals surface area contributed by atoms with Crippen LogP contribution < -0.4 is 0 Å². The zero-order chi connectivity index (χ0) is 10.9. The van der Waals surface area contributed by atoms with Crippen molar-refractivity contribution in [3.8, 4) is 0 Å². The van der Waals surface area contributed by atoms with Crippen molar-refractivity contribution in [3.63, 3.8) is 0 Å². The van der Waals surface area contributed by atoms with Gasteiger partial charge in [0, 0.05) is 6.61 Å². The summed E-state index contributed by atoms with van der Waals surface area (Å²) in [4.78, 5) is 0. The Kier molecular flexibility index (Phi) is 6.10. The number of rotatable bonds is 7. The molecule has 0 fully saturated rings. The molecule has 0 bridgehead atoms. The van der Waals surface area contributed by atoms with Crippen LogP contribution in [0.15, 0.2) is 30.3 Å². The summed E-state index contributed by atoms with van der Waals surface area (Å²) in [6, 6.07) is 10.7. The summed E-state index contributed by atoms with van der Waals surface area (Å²) < 4.78 is 0. The third kappa shape index (κ3) is 4.48. The zero-order valence-corrected chi connectivity index (χ0v) is 9.65. The Bertz CT molecular complexity index is 235. The van der Waals surface area contributed by atoms with Crippen molar-refractivity contribution in [1.82, 2.24) is 0 Å². The highest BCUT2D eigenvalue weighted by Crippen LogP contribution is 2.26. The second kappa shape index (κ2) is 7.47. The topological polar surface area (TPSA) is 20.2 Å². The van der Waals surface area contributed by atoms with Crippen molar-refractivity contribution in [2.45, 2.75) is 44.9 Å². The lowest BCUT2D eigenvalue weighted by Gasteiger charge is -2.16. The molecule has 0 aliphatic rings. The molecule has 1 heteroatoms. The maximum atomic E-state index is 8.89. The van der Waals surface area contributed by atoms with E-state index in [1.165, 1.54) is 24.8 Å². The van der Waals surface area contributed by atoms with E-state index in [0.29, 0.717) is 12.5 Å². The molecule has 1 nitrogen and oxygen atoms in total. The molecule has 0 saturated heterocycles. The Balaban J connectivity index is 2.55. The Morgan fingerprint density at radius 3 is 2.33 bits per heavy atom. The standard InChI is InChI=1S/C14H22O/c1-2-3-8-13(11-7-12-15)14-9-5-4-6-10-14/h4-6,9-10,13,15H,2-3,7-8,11-12H2,1H3. The molecule has 0 aromatic heterocycles. The SMILES string of the molecule is CCCCC(CCCO)c1ccccc1. The molecular weight excluding hydrogens is 184 g/mol. The highest BCUT2D eigenvalue weighted by Gasteiger charge is 2.09. The summed E-state index contributed by atoms with van der Waals surface area (Å²) in [5.41, 5.74) is 1.43. The molecule has 0 radical (unpaired) electrons. The first-order chi connectivity index (χ1) is 7.38. The third-order valence-corrected chi connectivity index (χ3v) is 2.89. The van der Waals surface area contributed by atoms with Gasteiger partial charge >= 0.3 is 0 Å². The maximum Gasteiger partial charge on any atom is 0.0431 e. The Morgan fingerprint density at radius 2 is 1.73 bits per heavy atom. The van der Waals surface area contributed by atoms with Gasteiger partial charge in [0.15, 0.2) is 0 Å². The summed E-state index contributed by atoms with van der Waals surface area (Å²) >= 11 is 0. The largest absolute Gasteiger partial charge is 0.396 e. The van der Waals surface area contributed by atoms with Crippen LogP contribution in [0.4, 0.5) is 0 Å². The van der Waals surface area contributed by atoms with Gasteiger partial charge in [-0.25, -0.2) is 0 Å². The van der Waals surface area contributed by atoms with E-state index in [4.69, 9.17) is 5.11 Å². The zero-order valence-electron chi connectivity index (χ0n) is 9.65. The minimum atomic E-state index is 0.315. The van der Waals surface area contributed by atoms with Gasteiger partial charge in [0.25, 0.3) is 0 Å². The van der Waals surface area contributed by atoms with Gasteiger partial charge in [-0.05, 0) is 30.7 Å². The summed E-state index contributed by atoms with van der Waals surface area (Å²) in [5.74, 6) is 0.637. The van der Waals surface area contributed by atoms with Crippen molar-refractivity contribution >= 4 is 0 Å². The van der Waals surface area contributed by atoms with Crippen molar-refractivity contribution in [3.05, 3.63) is 35.9 Å². The van der Waals surface area contributed by atoms with Crippen molar-refractivity contribution in [2.24, 2.45) is 0 Å². The lowest BCUT2D eigenvalue weighted by atomic mass is 9.90. The molecule has 84 valence electrons. The van der Waals surface area contributed by atoms with Crippen LogP contribution in [-0.2, 0) is 0 Å². The van der Waals surface area contributed by atoms with Gasteiger partial charge in [-0.15, -0.1) is 0 Å². The van der Waals surface area contributed by atoms with Crippen LogP contribution in [0.1, 0.15) is 50.5 Å². The summed E-state index contributed by atoms with van der Waals surface area (Å²) in [7, 11) is 0. The van der Waals surface area contributed by atoms with E-state index in [-0.39, 0.29) is 0 Å². The number of benzene rings is 1. The summed E-state index contributed by atoms with van der Waals surface area (Å²) in [5, 5.41) is 8.89. The molecule has 0 aliphatic heterocycles. The van der Waals surface area contributed by atoms with Crippen LogP contribution in [0, 0.1) is 0 Å². The molecule has 1 aromatic carbocycles. The normalized spacial score (nSPS) is 12.7. The fraction of sp³-hybridized carbons (Fsp3) is 0.571. The summed E-state index contributed by atoms with van der Waals surface area (Å²) in [6.45, 7) is 2.55. The van der Waals surface area contributed by atoms with Crippen LogP contribution in [0.2, 0.25) is 0 Å². The van der Waals surface area contributed by atoms with E-state index in [1.54, 1.807) is 0 Å². The highest BCUT2D eigenvalue weighted by atomic mass is 16.2. The lowest BCUT2D eigenvalue weighted by Crippen LogP contribution is -2.00. The molecule has 0 spiro atoms. The van der Waals surface area contributed by atoms with E-state index in [1.807, 2.05) is 0 Å². The van der Waals surface area contributed by atoms with Gasteiger partial charge in [0.05, 0.1) is 0 Å². The first kappa shape index (κ1) is 12.3. The quantitative estimate of drug-likeness (QED) is 0.720. The minimum absolute atomic E-state index is 0.315. The smallest absolute Gasteiger partial charge is 0.0431 e. The Hall–Kier alpha value is -0.820. The molecule has 0 heterocycles. The van der Waals surface area contributed by atoms with Gasteiger partial charge < -0.3 is 5.11 Å². The molecule has 1 rings (SSSR count). The van der Waals surface area contributed by atoms with Crippen molar-refractivity contribution in [1.29, 1.82) is 0 Å². The van der Waals surface area contributed by atoms with Crippen LogP contribution in [-0.4, -0.2) is 11.7 Å². The lowest BCUT2D eigenvalue weighted by molar-refractivity contribution is 0.278. The number of hydrogen-bond donors (Lipinski definition) is 1. The first-order valence-electron chi connectivity index (χ1n) is 6.04. The highest BCUT2D eigenvalue weighted by molar-refractivity contribution is 5.19. The molecule has 0 saturated carbocycles. The molecule has 0 amide bonds. The van der Waals surface area contributed by atoms with Crippen LogP contribution >= 0.6 is 0 Å². The second-order valence-corrected chi connectivity index (χ2v) is 4.12. The van der Waals surface area contributed by atoms with Crippen molar-refractivity contribution in [2.75, 3.05) is 6.61 Å². The number of unbranched alkanes of at least 4 members (excludes halogenated alkanes) is 1. The van der Waals surface area contributed by atoms with Gasteiger partial charge in [0.1, 0.15) is 0 Å². The van der Waals surface area contributed by atoms with Gasteiger partial charge in [-0.1, -0.05) is 50.1 Å². The molecular formula is C14H22O. The molecule has 1 aromatic rings. The van der Waals surface area contributed by atoms with Crippen LogP contribution in [0.25, 0.3) is 0 Å². The van der Waals surface area contributed by atoms with Gasteiger partial charge in [-0.2, -0.15) is 0 Å². The molecule has 15 heavy (non-hydrogen) atoms. The van der Waals surface area contributed by atoms with Crippen LogP contribution in [0.5, 0.6) is 0 Å². The molecule has 0 aliphatic carbocycles. The van der Waals surface area contributed by atoms with Crippen LogP contribution in [0.3, 0.4) is 0 Å². The Labute approximate surface area is 93.1 Å². The van der Waals surface area contributed by atoms with Gasteiger partial charge in [-0.3, -0.25) is 0 Å². The van der Waals surface area contributed by atoms with E-state index in [2.05, 4.69) is 37.3 Å². The predicted molar refractivity (Wildman–Crippen MR) is 65.0 cm³/mol. The second-order valence-electron chi connectivity index (χ2n) is 4.12. The van der Waals surface area contributed by atoms with Gasteiger partial charge in [0.2, 0.25) is 0 Å². The van der Waals surface area contributed by atoms with E-state index < -0.39 is 0 Å². The first-order valence-corrected chi connectivity index (χ1v) is 6.04. The molecule has 1 N–H and O–H groups in total.